The minimum absolute atomic E-state index is 0.0624. The molecule has 0 spiro atoms. The van der Waals surface area contributed by atoms with Gasteiger partial charge in [-0.2, -0.15) is 11.8 Å². The molecule has 1 fully saturated rings. The number of hydrogen-bond acceptors (Lipinski definition) is 3. The number of rotatable bonds is 19. The van der Waals surface area contributed by atoms with E-state index >= 15 is 0 Å². The zero-order chi connectivity index (χ0) is 18.9. The standard InChI is InChI=1S/C23H44O2S/c1-3-4-18-21-22(26-21)19-16-14-12-10-8-6-5-7-9-11-13-15-17-20-23(24)25-2/h21-22H,3-20H2,1-2H3. The van der Waals surface area contributed by atoms with Crippen LogP contribution in [0, 0.1) is 0 Å². The van der Waals surface area contributed by atoms with Crippen LogP contribution in [-0.2, 0) is 9.53 Å². The van der Waals surface area contributed by atoms with Gasteiger partial charge in [-0.05, 0) is 19.3 Å². The second-order valence-electron chi connectivity index (χ2n) is 8.07. The first-order valence-electron chi connectivity index (χ1n) is 11.5. The second kappa shape index (κ2) is 17.0. The first kappa shape index (κ1) is 23.9. The summed E-state index contributed by atoms with van der Waals surface area (Å²) in [6.45, 7) is 2.30. The largest absolute Gasteiger partial charge is 0.469 e. The lowest BCUT2D eigenvalue weighted by atomic mass is 10.0. The van der Waals surface area contributed by atoms with Crippen molar-refractivity contribution in [3.63, 3.8) is 0 Å². The highest BCUT2D eigenvalue weighted by Gasteiger charge is 2.36. The quantitative estimate of drug-likeness (QED) is 0.130. The molecule has 0 amide bonds. The van der Waals surface area contributed by atoms with Crippen LogP contribution in [-0.4, -0.2) is 23.6 Å². The summed E-state index contributed by atoms with van der Waals surface area (Å²) in [6.07, 6.45) is 24.0. The van der Waals surface area contributed by atoms with Crippen LogP contribution in [0.4, 0.5) is 0 Å². The van der Waals surface area contributed by atoms with Gasteiger partial charge in [0, 0.05) is 16.9 Å². The summed E-state index contributed by atoms with van der Waals surface area (Å²) in [5, 5.41) is 2.06. The fourth-order valence-corrected chi connectivity index (χ4v) is 4.99. The van der Waals surface area contributed by atoms with Crippen LogP contribution in [0.15, 0.2) is 0 Å². The molecule has 26 heavy (non-hydrogen) atoms. The molecule has 1 rings (SSSR count). The summed E-state index contributed by atoms with van der Waals surface area (Å²) in [6, 6.07) is 0. The molecular formula is C23H44O2S. The van der Waals surface area contributed by atoms with E-state index in [1.165, 1.54) is 110 Å². The van der Waals surface area contributed by atoms with E-state index in [1.54, 1.807) is 0 Å². The molecule has 0 bridgehead atoms. The fraction of sp³-hybridized carbons (Fsp3) is 0.957. The summed E-state index contributed by atoms with van der Waals surface area (Å²) in [7, 11) is 1.47. The van der Waals surface area contributed by atoms with Crippen LogP contribution >= 0.6 is 11.8 Å². The minimum Gasteiger partial charge on any atom is -0.469 e. The lowest BCUT2D eigenvalue weighted by Crippen LogP contribution is -1.99. The molecule has 1 saturated heterocycles. The van der Waals surface area contributed by atoms with Gasteiger partial charge in [0.25, 0.3) is 0 Å². The van der Waals surface area contributed by atoms with Gasteiger partial charge in [0.1, 0.15) is 0 Å². The van der Waals surface area contributed by atoms with E-state index in [0.29, 0.717) is 6.42 Å². The summed E-state index contributed by atoms with van der Waals surface area (Å²) in [5.74, 6) is -0.0624. The second-order valence-corrected chi connectivity index (χ2v) is 9.55. The molecule has 1 aliphatic rings. The summed E-state index contributed by atoms with van der Waals surface area (Å²) in [4.78, 5) is 11.0. The van der Waals surface area contributed by atoms with Crippen LogP contribution in [0.1, 0.15) is 122 Å². The van der Waals surface area contributed by atoms with Crippen LogP contribution in [0.2, 0.25) is 0 Å². The topological polar surface area (TPSA) is 26.3 Å². The predicted molar refractivity (Wildman–Crippen MR) is 116 cm³/mol. The number of ether oxygens (including phenoxy) is 1. The molecule has 154 valence electrons. The van der Waals surface area contributed by atoms with Gasteiger partial charge in [-0.25, -0.2) is 0 Å². The number of hydrogen-bond donors (Lipinski definition) is 0. The molecule has 0 radical (unpaired) electrons. The maximum Gasteiger partial charge on any atom is 0.305 e. The van der Waals surface area contributed by atoms with E-state index in [1.807, 2.05) is 0 Å². The Hall–Kier alpha value is -0.180. The van der Waals surface area contributed by atoms with Crippen LogP contribution in [0.5, 0.6) is 0 Å². The van der Waals surface area contributed by atoms with Crippen molar-refractivity contribution in [2.45, 2.75) is 133 Å². The van der Waals surface area contributed by atoms with Crippen molar-refractivity contribution in [1.29, 1.82) is 0 Å². The van der Waals surface area contributed by atoms with Gasteiger partial charge in [-0.1, -0.05) is 96.8 Å². The number of carbonyl (C=O) groups excluding carboxylic acids is 1. The Kier molecular flexibility index (Phi) is 15.6. The summed E-state index contributed by atoms with van der Waals surface area (Å²) in [5.41, 5.74) is 0. The summed E-state index contributed by atoms with van der Waals surface area (Å²) < 4.78 is 4.65. The van der Waals surface area contributed by atoms with Crippen LogP contribution in [0.3, 0.4) is 0 Å². The van der Waals surface area contributed by atoms with E-state index in [-0.39, 0.29) is 5.97 Å². The monoisotopic (exact) mass is 384 g/mol. The molecule has 0 aliphatic carbocycles. The Morgan fingerprint density at radius 3 is 1.58 bits per heavy atom. The van der Waals surface area contributed by atoms with E-state index < -0.39 is 0 Å². The maximum atomic E-state index is 11.0. The number of thioether (sulfide) groups is 1. The molecule has 0 aromatic carbocycles. The van der Waals surface area contributed by atoms with Crippen LogP contribution < -0.4 is 0 Å². The first-order valence-corrected chi connectivity index (χ1v) is 12.4. The van der Waals surface area contributed by atoms with Crippen LogP contribution in [0.25, 0.3) is 0 Å². The summed E-state index contributed by atoms with van der Waals surface area (Å²) >= 11 is 2.24. The van der Waals surface area contributed by atoms with Gasteiger partial charge in [-0.15, -0.1) is 0 Å². The van der Waals surface area contributed by atoms with E-state index in [4.69, 9.17) is 0 Å². The van der Waals surface area contributed by atoms with E-state index in [2.05, 4.69) is 23.4 Å². The molecular weight excluding hydrogens is 340 g/mol. The smallest absolute Gasteiger partial charge is 0.305 e. The highest BCUT2D eigenvalue weighted by Crippen LogP contribution is 2.47. The third-order valence-corrected chi connectivity index (χ3v) is 7.14. The van der Waals surface area contributed by atoms with Gasteiger partial charge >= 0.3 is 5.97 Å². The fourth-order valence-electron chi connectivity index (χ4n) is 3.75. The Morgan fingerprint density at radius 2 is 1.12 bits per heavy atom. The lowest BCUT2D eigenvalue weighted by Gasteiger charge is -2.03. The van der Waals surface area contributed by atoms with Crippen molar-refractivity contribution in [1.82, 2.24) is 0 Å². The average Bonchev–Trinajstić information content (AvgIpc) is 3.41. The predicted octanol–water partition coefficient (Wildman–Crippen LogP) is 7.69. The molecule has 2 atom stereocenters. The molecule has 0 N–H and O–H groups in total. The highest BCUT2D eigenvalue weighted by molar-refractivity contribution is 8.07. The van der Waals surface area contributed by atoms with E-state index in [0.717, 1.165) is 16.9 Å². The Labute approximate surface area is 167 Å². The molecule has 1 heterocycles. The Balaban J connectivity index is 1.67. The van der Waals surface area contributed by atoms with Crippen molar-refractivity contribution in [2.75, 3.05) is 7.11 Å². The molecule has 0 saturated carbocycles. The van der Waals surface area contributed by atoms with Gasteiger partial charge in [-0.3, -0.25) is 4.79 Å². The molecule has 1 aliphatic heterocycles. The lowest BCUT2D eigenvalue weighted by molar-refractivity contribution is -0.140. The zero-order valence-electron chi connectivity index (χ0n) is 17.6. The molecule has 0 aromatic rings. The first-order chi connectivity index (χ1) is 12.8. The maximum absolute atomic E-state index is 11.0. The van der Waals surface area contributed by atoms with Crippen molar-refractivity contribution in [3.8, 4) is 0 Å². The molecule has 0 aromatic heterocycles. The normalized spacial score (nSPS) is 18.8. The van der Waals surface area contributed by atoms with Crippen molar-refractivity contribution >= 4 is 17.7 Å². The van der Waals surface area contributed by atoms with Gasteiger partial charge in [0.15, 0.2) is 0 Å². The third kappa shape index (κ3) is 13.9. The minimum atomic E-state index is -0.0624. The molecule has 2 nitrogen and oxygen atoms in total. The SMILES string of the molecule is CCCCC1SC1CCCCCCCCCCCCCCCC(=O)OC. The highest BCUT2D eigenvalue weighted by atomic mass is 32.2. The molecule has 2 unspecified atom stereocenters. The Morgan fingerprint density at radius 1 is 0.692 bits per heavy atom. The van der Waals surface area contributed by atoms with Crippen molar-refractivity contribution < 1.29 is 9.53 Å². The molecule has 3 heteroatoms. The van der Waals surface area contributed by atoms with Gasteiger partial charge in [0.2, 0.25) is 0 Å². The number of unbranched alkanes of at least 4 members (excludes halogenated alkanes) is 13. The number of methoxy groups -OCH3 is 1. The van der Waals surface area contributed by atoms with Crippen molar-refractivity contribution in [3.05, 3.63) is 0 Å². The van der Waals surface area contributed by atoms with Gasteiger partial charge < -0.3 is 4.74 Å². The number of carbonyl (C=O) groups is 1. The van der Waals surface area contributed by atoms with Gasteiger partial charge in [0.05, 0.1) is 7.11 Å². The zero-order valence-corrected chi connectivity index (χ0v) is 18.4. The Bertz CT molecular complexity index is 332. The van der Waals surface area contributed by atoms with Crippen molar-refractivity contribution in [2.24, 2.45) is 0 Å². The average molecular weight is 385 g/mol. The third-order valence-electron chi connectivity index (χ3n) is 5.63. The van der Waals surface area contributed by atoms with E-state index in [9.17, 15) is 4.79 Å². The number of esters is 1.